The predicted molar refractivity (Wildman–Crippen MR) is 103 cm³/mol. The lowest BCUT2D eigenvalue weighted by Gasteiger charge is -2.18. The molecule has 7 heteroatoms. The number of anilines is 2. The normalized spacial score (nSPS) is 18.9. The maximum absolute atomic E-state index is 12.6. The molecule has 2 aromatic carbocycles. The molecule has 1 fully saturated rings. The molecule has 3 amide bonds. The van der Waals surface area contributed by atoms with Crippen LogP contribution in [0.15, 0.2) is 42.5 Å². The van der Waals surface area contributed by atoms with Gasteiger partial charge in [0.2, 0.25) is 11.8 Å². The van der Waals surface area contributed by atoms with Gasteiger partial charge in [-0.25, -0.2) is 0 Å². The number of hydrogen-bond donors (Lipinski definition) is 2. The van der Waals surface area contributed by atoms with Crippen LogP contribution in [0.3, 0.4) is 0 Å². The summed E-state index contributed by atoms with van der Waals surface area (Å²) in [6.07, 6.45) is 0.933. The minimum Gasteiger partial charge on any atom is -0.352 e. The Balaban J connectivity index is 1.46. The van der Waals surface area contributed by atoms with E-state index in [0.29, 0.717) is 29.4 Å². The molecule has 2 aromatic rings. The Kier molecular flexibility index (Phi) is 4.58. The van der Waals surface area contributed by atoms with E-state index in [-0.39, 0.29) is 24.1 Å². The highest BCUT2D eigenvalue weighted by Gasteiger charge is 2.35. The lowest BCUT2D eigenvalue weighted by molar-refractivity contribution is -0.122. The summed E-state index contributed by atoms with van der Waals surface area (Å²) in [7, 11) is 0. The van der Waals surface area contributed by atoms with Crippen LogP contribution in [-0.4, -0.2) is 30.8 Å². The van der Waals surface area contributed by atoms with Crippen LogP contribution in [0.4, 0.5) is 11.4 Å². The molecule has 2 aliphatic heterocycles. The van der Waals surface area contributed by atoms with Crippen LogP contribution in [0.2, 0.25) is 5.02 Å². The van der Waals surface area contributed by atoms with E-state index in [0.717, 1.165) is 17.7 Å². The summed E-state index contributed by atoms with van der Waals surface area (Å²) in [5, 5.41) is 6.23. The van der Waals surface area contributed by atoms with Crippen molar-refractivity contribution in [2.75, 3.05) is 23.3 Å². The lowest BCUT2D eigenvalue weighted by atomic mass is 9.99. The van der Waals surface area contributed by atoms with E-state index in [4.69, 9.17) is 11.6 Å². The minimum absolute atomic E-state index is 0.0951. The van der Waals surface area contributed by atoms with E-state index in [2.05, 4.69) is 10.6 Å². The van der Waals surface area contributed by atoms with Crippen LogP contribution in [0, 0.1) is 5.92 Å². The van der Waals surface area contributed by atoms with E-state index in [1.165, 1.54) is 0 Å². The number of halogens is 1. The second-order valence-electron chi connectivity index (χ2n) is 6.75. The zero-order chi connectivity index (χ0) is 19.0. The van der Waals surface area contributed by atoms with E-state index in [9.17, 15) is 14.4 Å². The average molecular weight is 384 g/mol. The quantitative estimate of drug-likeness (QED) is 0.855. The molecule has 4 rings (SSSR count). The Morgan fingerprint density at radius 2 is 1.93 bits per heavy atom. The van der Waals surface area contributed by atoms with Crippen molar-refractivity contribution in [3.63, 3.8) is 0 Å². The lowest BCUT2D eigenvalue weighted by Crippen LogP contribution is -2.32. The smallest absolute Gasteiger partial charge is 0.251 e. The van der Waals surface area contributed by atoms with Crippen LogP contribution < -0.4 is 15.5 Å². The van der Waals surface area contributed by atoms with Crippen molar-refractivity contribution in [3.8, 4) is 0 Å². The van der Waals surface area contributed by atoms with Gasteiger partial charge in [0.1, 0.15) is 0 Å². The number of nitrogens with one attached hydrogen (secondary N) is 2. The number of carbonyl (C=O) groups is 3. The van der Waals surface area contributed by atoms with Gasteiger partial charge in [-0.15, -0.1) is 0 Å². The van der Waals surface area contributed by atoms with E-state index in [1.54, 1.807) is 41.3 Å². The molecule has 0 aliphatic carbocycles. The summed E-state index contributed by atoms with van der Waals surface area (Å²) in [4.78, 5) is 38.5. The second-order valence-corrected chi connectivity index (χ2v) is 7.19. The molecule has 2 N–H and O–H groups in total. The van der Waals surface area contributed by atoms with Crippen LogP contribution in [-0.2, 0) is 16.0 Å². The Hall–Kier alpha value is -2.86. The van der Waals surface area contributed by atoms with E-state index >= 15 is 0 Å². The maximum atomic E-state index is 12.6. The van der Waals surface area contributed by atoms with Crippen LogP contribution in [0.1, 0.15) is 22.3 Å². The van der Waals surface area contributed by atoms with Gasteiger partial charge in [-0.1, -0.05) is 17.7 Å². The Morgan fingerprint density at radius 3 is 2.70 bits per heavy atom. The number of hydrogen-bond acceptors (Lipinski definition) is 3. The van der Waals surface area contributed by atoms with Crippen molar-refractivity contribution in [2.24, 2.45) is 5.92 Å². The maximum Gasteiger partial charge on any atom is 0.251 e. The number of benzene rings is 2. The summed E-state index contributed by atoms with van der Waals surface area (Å²) in [6.45, 7) is 0.944. The van der Waals surface area contributed by atoms with Crippen molar-refractivity contribution >= 4 is 40.7 Å². The molecule has 138 valence electrons. The van der Waals surface area contributed by atoms with Crippen molar-refractivity contribution in [2.45, 2.75) is 12.8 Å². The first kappa shape index (κ1) is 17.5. The molecule has 2 aliphatic rings. The largest absolute Gasteiger partial charge is 0.352 e. The fraction of sp³-hybridized carbons (Fsp3) is 0.250. The minimum atomic E-state index is -0.446. The molecule has 2 heterocycles. The molecule has 6 nitrogen and oxygen atoms in total. The van der Waals surface area contributed by atoms with Gasteiger partial charge >= 0.3 is 0 Å². The molecule has 1 atom stereocenters. The van der Waals surface area contributed by atoms with Crippen molar-refractivity contribution in [3.05, 3.63) is 58.6 Å². The Bertz CT molecular complexity index is 927. The number of rotatable bonds is 3. The van der Waals surface area contributed by atoms with Crippen LogP contribution in [0.5, 0.6) is 0 Å². The summed E-state index contributed by atoms with van der Waals surface area (Å²) in [5.41, 5.74) is 2.85. The van der Waals surface area contributed by atoms with Gasteiger partial charge < -0.3 is 15.5 Å². The third kappa shape index (κ3) is 3.53. The van der Waals surface area contributed by atoms with Crippen molar-refractivity contribution in [1.29, 1.82) is 0 Å². The molecule has 1 unspecified atom stereocenters. The van der Waals surface area contributed by atoms with Crippen molar-refractivity contribution in [1.82, 2.24) is 5.32 Å². The summed E-state index contributed by atoms with van der Waals surface area (Å²) < 4.78 is 0. The highest BCUT2D eigenvalue weighted by molar-refractivity contribution is 6.30. The van der Waals surface area contributed by atoms with Gasteiger partial charge in [-0.3, -0.25) is 14.4 Å². The first-order valence-corrected chi connectivity index (χ1v) is 9.17. The van der Waals surface area contributed by atoms with Gasteiger partial charge in [0.05, 0.1) is 5.92 Å². The fourth-order valence-corrected chi connectivity index (χ4v) is 3.61. The second kappa shape index (κ2) is 7.04. The monoisotopic (exact) mass is 383 g/mol. The number of nitrogens with zero attached hydrogens (tertiary/aromatic N) is 1. The van der Waals surface area contributed by atoms with Gasteiger partial charge in [-0.2, -0.15) is 0 Å². The molecule has 27 heavy (non-hydrogen) atoms. The molecular formula is C20H18ClN3O3. The van der Waals surface area contributed by atoms with E-state index < -0.39 is 5.92 Å². The van der Waals surface area contributed by atoms with E-state index in [1.807, 2.05) is 6.07 Å². The molecule has 0 spiro atoms. The Labute approximate surface area is 161 Å². The standard InChI is InChI=1S/C20H18ClN3O3/c21-14-2-5-16(6-3-14)24-11-13(9-18(24)25)19(26)23-15-4-1-12-7-8-22-20(27)17(12)10-15/h1-6,10,13H,7-9,11H2,(H,22,27)(H,23,26). The molecule has 0 aromatic heterocycles. The SMILES string of the molecule is O=C1NCCc2ccc(NC(=O)C3CC(=O)N(c4ccc(Cl)cc4)C3)cc21. The highest BCUT2D eigenvalue weighted by atomic mass is 35.5. The summed E-state index contributed by atoms with van der Waals surface area (Å²) in [6, 6.07) is 12.3. The molecule has 0 bridgehead atoms. The van der Waals surface area contributed by atoms with Gasteiger partial charge in [0.25, 0.3) is 5.91 Å². The van der Waals surface area contributed by atoms with Crippen molar-refractivity contribution < 1.29 is 14.4 Å². The van der Waals surface area contributed by atoms with Crippen LogP contribution in [0.25, 0.3) is 0 Å². The third-order valence-electron chi connectivity index (χ3n) is 4.94. The van der Waals surface area contributed by atoms with Crippen LogP contribution >= 0.6 is 11.6 Å². The number of amides is 3. The number of fused-ring (bicyclic) bond motifs is 1. The first-order chi connectivity index (χ1) is 13.0. The summed E-state index contributed by atoms with van der Waals surface area (Å²) in [5.74, 6) is -0.895. The average Bonchev–Trinajstić information content (AvgIpc) is 3.05. The van der Waals surface area contributed by atoms with Gasteiger partial charge in [-0.05, 0) is 48.4 Å². The third-order valence-corrected chi connectivity index (χ3v) is 5.19. The molecule has 0 saturated carbocycles. The zero-order valence-corrected chi connectivity index (χ0v) is 15.3. The van der Waals surface area contributed by atoms with Gasteiger partial charge in [0.15, 0.2) is 0 Å². The highest BCUT2D eigenvalue weighted by Crippen LogP contribution is 2.27. The fourth-order valence-electron chi connectivity index (χ4n) is 3.49. The predicted octanol–water partition coefficient (Wildman–Crippen LogP) is 2.62. The molecule has 0 radical (unpaired) electrons. The molecular weight excluding hydrogens is 366 g/mol. The number of carbonyl (C=O) groups excluding carboxylic acids is 3. The first-order valence-electron chi connectivity index (χ1n) is 8.79. The topological polar surface area (TPSA) is 78.5 Å². The van der Waals surface area contributed by atoms with Gasteiger partial charge in [0, 0.05) is 41.5 Å². The Morgan fingerprint density at radius 1 is 1.15 bits per heavy atom. The summed E-state index contributed by atoms with van der Waals surface area (Å²) >= 11 is 5.89. The molecule has 1 saturated heterocycles. The zero-order valence-electron chi connectivity index (χ0n) is 14.5.